The van der Waals surface area contributed by atoms with Crippen molar-refractivity contribution in [1.82, 2.24) is 10.2 Å². The van der Waals surface area contributed by atoms with Crippen molar-refractivity contribution in [3.05, 3.63) is 94.5 Å². The zero-order chi connectivity index (χ0) is 22.9. The number of benzene rings is 3. The molecule has 0 atom stereocenters. The molecule has 0 aromatic heterocycles. The van der Waals surface area contributed by atoms with Crippen LogP contribution in [0.3, 0.4) is 0 Å². The number of anilines is 1. The lowest BCUT2D eigenvalue weighted by Gasteiger charge is -2.31. The predicted molar refractivity (Wildman–Crippen MR) is 125 cm³/mol. The maximum atomic E-state index is 12.8. The number of carbonyl (C=O) groups excluding carboxylic acids is 2. The van der Waals surface area contributed by atoms with Crippen LogP contribution in [-0.4, -0.2) is 23.6 Å². The molecule has 0 radical (unpaired) electrons. The van der Waals surface area contributed by atoms with Gasteiger partial charge in [0.05, 0.1) is 12.2 Å². The van der Waals surface area contributed by atoms with Crippen LogP contribution < -0.4 is 20.1 Å². The summed E-state index contributed by atoms with van der Waals surface area (Å²) < 4.78 is 10.7. The van der Waals surface area contributed by atoms with E-state index in [4.69, 9.17) is 21.1 Å². The number of carbonyl (C=O) groups is 2. The molecule has 2 heterocycles. The maximum Gasteiger partial charge on any atom is 0.326 e. The van der Waals surface area contributed by atoms with Gasteiger partial charge < -0.3 is 20.1 Å². The van der Waals surface area contributed by atoms with Crippen LogP contribution in [0.5, 0.6) is 11.5 Å². The highest BCUT2D eigenvalue weighted by Gasteiger charge is 2.27. The molecule has 3 aromatic carbocycles. The molecule has 0 aliphatic carbocycles. The number of ether oxygens (including phenoxy) is 2. The van der Waals surface area contributed by atoms with Gasteiger partial charge in [-0.25, -0.2) is 4.79 Å². The quantitative estimate of drug-likeness (QED) is 0.559. The summed E-state index contributed by atoms with van der Waals surface area (Å²) in [5.74, 6) is 1.14. The summed E-state index contributed by atoms with van der Waals surface area (Å²) in [7, 11) is 0. The lowest BCUT2D eigenvalue weighted by atomic mass is 10.0. The molecule has 0 fully saturated rings. The second kappa shape index (κ2) is 8.52. The van der Waals surface area contributed by atoms with E-state index in [-0.39, 0.29) is 18.7 Å². The Labute approximate surface area is 195 Å². The standard InChI is InChI=1S/C25H20ClN3O4/c1-15-20-11-18(24(30)27-12-17-4-9-22-23(10-17)33-14-32-22)5-8-21(20)28-25(31)29(15)13-16-2-6-19(26)7-3-16/h2-11H,1,12-14H2,(H,27,30)(H,28,31). The first kappa shape index (κ1) is 20.9. The summed E-state index contributed by atoms with van der Waals surface area (Å²) in [6, 6.07) is 17.7. The maximum absolute atomic E-state index is 12.8. The third kappa shape index (κ3) is 4.23. The second-order valence-corrected chi connectivity index (χ2v) is 8.16. The van der Waals surface area contributed by atoms with E-state index < -0.39 is 0 Å². The number of urea groups is 1. The lowest BCUT2D eigenvalue weighted by Crippen LogP contribution is -2.37. The van der Waals surface area contributed by atoms with E-state index in [1.165, 1.54) is 0 Å². The van der Waals surface area contributed by atoms with Gasteiger partial charge in [-0.15, -0.1) is 0 Å². The normalized spacial score (nSPS) is 14.0. The van der Waals surface area contributed by atoms with Gasteiger partial charge in [-0.3, -0.25) is 9.69 Å². The van der Waals surface area contributed by atoms with Gasteiger partial charge in [0.25, 0.3) is 5.91 Å². The first-order valence-electron chi connectivity index (χ1n) is 10.3. The van der Waals surface area contributed by atoms with Gasteiger partial charge in [0.2, 0.25) is 6.79 Å². The monoisotopic (exact) mass is 461 g/mol. The van der Waals surface area contributed by atoms with E-state index in [2.05, 4.69) is 17.2 Å². The van der Waals surface area contributed by atoms with Gasteiger partial charge in [-0.05, 0) is 53.6 Å². The summed E-state index contributed by atoms with van der Waals surface area (Å²) >= 11 is 5.96. The predicted octanol–water partition coefficient (Wildman–Crippen LogP) is 5.02. The van der Waals surface area contributed by atoms with E-state index in [1.54, 1.807) is 35.2 Å². The molecule has 0 bridgehead atoms. The molecule has 0 spiro atoms. The van der Waals surface area contributed by atoms with Crippen LogP contribution in [0.15, 0.2) is 67.2 Å². The molecule has 33 heavy (non-hydrogen) atoms. The van der Waals surface area contributed by atoms with Crippen LogP contribution in [0, 0.1) is 0 Å². The van der Waals surface area contributed by atoms with Gasteiger partial charge in [0.15, 0.2) is 11.5 Å². The topological polar surface area (TPSA) is 79.9 Å². The zero-order valence-electron chi connectivity index (χ0n) is 17.6. The fourth-order valence-corrected chi connectivity index (χ4v) is 3.88. The van der Waals surface area contributed by atoms with Crippen molar-refractivity contribution in [2.75, 3.05) is 12.1 Å². The van der Waals surface area contributed by atoms with Crippen LogP contribution in [0.4, 0.5) is 10.5 Å². The Balaban J connectivity index is 1.30. The number of amides is 3. The summed E-state index contributed by atoms with van der Waals surface area (Å²) in [4.78, 5) is 27.0. The summed E-state index contributed by atoms with van der Waals surface area (Å²) in [6.07, 6.45) is 0. The van der Waals surface area contributed by atoms with Gasteiger partial charge in [0, 0.05) is 28.4 Å². The van der Waals surface area contributed by atoms with E-state index in [0.717, 1.165) is 11.1 Å². The average Bonchev–Trinajstić information content (AvgIpc) is 3.29. The summed E-state index contributed by atoms with van der Waals surface area (Å²) in [5, 5.41) is 6.40. The van der Waals surface area contributed by atoms with Gasteiger partial charge in [0.1, 0.15) is 0 Å². The molecule has 2 N–H and O–H groups in total. The van der Waals surface area contributed by atoms with Gasteiger partial charge >= 0.3 is 6.03 Å². The van der Waals surface area contributed by atoms with Crippen LogP contribution in [-0.2, 0) is 13.1 Å². The molecule has 0 saturated heterocycles. The van der Waals surface area contributed by atoms with Gasteiger partial charge in [-0.1, -0.05) is 36.4 Å². The van der Waals surface area contributed by atoms with E-state index in [0.29, 0.717) is 52.1 Å². The number of fused-ring (bicyclic) bond motifs is 2. The first-order valence-corrected chi connectivity index (χ1v) is 10.7. The fraction of sp³-hybridized carbons (Fsp3) is 0.120. The molecule has 0 unspecified atom stereocenters. The van der Waals surface area contributed by atoms with Crippen LogP contribution in [0.25, 0.3) is 5.70 Å². The molecule has 7 nitrogen and oxygen atoms in total. The summed E-state index contributed by atoms with van der Waals surface area (Å²) in [5.41, 5.74) is 4.12. The smallest absolute Gasteiger partial charge is 0.326 e. The molecular weight excluding hydrogens is 442 g/mol. The molecule has 8 heteroatoms. The van der Waals surface area contributed by atoms with Crippen molar-refractivity contribution in [2.45, 2.75) is 13.1 Å². The van der Waals surface area contributed by atoms with Crippen molar-refractivity contribution in [2.24, 2.45) is 0 Å². The molecule has 2 aliphatic heterocycles. The minimum atomic E-state index is -0.276. The van der Waals surface area contributed by atoms with Crippen LogP contribution in [0.1, 0.15) is 27.0 Å². The number of hydrogen-bond donors (Lipinski definition) is 2. The highest BCUT2D eigenvalue weighted by Crippen LogP contribution is 2.34. The number of halogens is 1. The third-order valence-corrected chi connectivity index (χ3v) is 5.80. The molecule has 166 valence electrons. The fourth-order valence-electron chi connectivity index (χ4n) is 3.76. The lowest BCUT2D eigenvalue weighted by molar-refractivity contribution is 0.0951. The number of rotatable bonds is 5. The van der Waals surface area contributed by atoms with Crippen molar-refractivity contribution in [3.8, 4) is 11.5 Å². The Morgan fingerprint density at radius 3 is 2.61 bits per heavy atom. The SMILES string of the molecule is C=C1c2cc(C(=O)NCc3ccc4c(c3)OCO4)ccc2NC(=O)N1Cc1ccc(Cl)cc1. The van der Waals surface area contributed by atoms with Crippen LogP contribution in [0.2, 0.25) is 5.02 Å². The van der Waals surface area contributed by atoms with Crippen molar-refractivity contribution >= 4 is 34.9 Å². The second-order valence-electron chi connectivity index (χ2n) is 7.72. The Morgan fingerprint density at radius 2 is 1.79 bits per heavy atom. The van der Waals surface area contributed by atoms with Crippen molar-refractivity contribution in [1.29, 1.82) is 0 Å². The summed E-state index contributed by atoms with van der Waals surface area (Å²) in [6.45, 7) is 4.99. The highest BCUT2D eigenvalue weighted by atomic mass is 35.5. The largest absolute Gasteiger partial charge is 0.454 e. The number of nitrogens with one attached hydrogen (secondary N) is 2. The minimum Gasteiger partial charge on any atom is -0.454 e. The van der Waals surface area contributed by atoms with Gasteiger partial charge in [-0.2, -0.15) is 0 Å². The zero-order valence-corrected chi connectivity index (χ0v) is 18.3. The van der Waals surface area contributed by atoms with E-state index in [9.17, 15) is 9.59 Å². The highest BCUT2D eigenvalue weighted by molar-refractivity contribution is 6.30. The number of nitrogens with zero attached hydrogens (tertiary/aromatic N) is 1. The molecule has 3 aromatic rings. The molecule has 5 rings (SSSR count). The molecular formula is C25H20ClN3O4. The van der Waals surface area contributed by atoms with Crippen molar-refractivity contribution in [3.63, 3.8) is 0 Å². The molecule has 0 saturated carbocycles. The van der Waals surface area contributed by atoms with Crippen molar-refractivity contribution < 1.29 is 19.1 Å². The third-order valence-electron chi connectivity index (χ3n) is 5.55. The van der Waals surface area contributed by atoms with E-state index >= 15 is 0 Å². The molecule has 3 amide bonds. The Bertz CT molecular complexity index is 1270. The number of hydrogen-bond acceptors (Lipinski definition) is 4. The first-order chi connectivity index (χ1) is 16.0. The Hall–Kier alpha value is -3.97. The minimum absolute atomic E-state index is 0.204. The Morgan fingerprint density at radius 1 is 1.03 bits per heavy atom. The van der Waals surface area contributed by atoms with E-state index in [1.807, 2.05) is 30.3 Å². The van der Waals surface area contributed by atoms with Crippen LogP contribution >= 0.6 is 11.6 Å². The Kier molecular flexibility index (Phi) is 5.40. The average molecular weight is 462 g/mol. The molecule has 2 aliphatic rings.